The summed E-state index contributed by atoms with van der Waals surface area (Å²) in [5.41, 5.74) is 5.07. The third-order valence-corrected chi connectivity index (χ3v) is 1.17. The van der Waals surface area contributed by atoms with E-state index >= 15 is 0 Å². The molecule has 0 aliphatic heterocycles. The Morgan fingerprint density at radius 1 is 1.82 bits per heavy atom. The van der Waals surface area contributed by atoms with Crippen molar-refractivity contribution in [2.24, 2.45) is 0 Å². The Balaban J connectivity index is 2.96. The number of nitrogens with two attached hydrogens (primary N) is 1. The summed E-state index contributed by atoms with van der Waals surface area (Å²) >= 11 is 0. The highest BCUT2D eigenvalue weighted by Crippen LogP contribution is 1.93. The number of H-pyrrole nitrogens is 1. The number of anilines is 2. The maximum absolute atomic E-state index is 10.9. The van der Waals surface area contributed by atoms with Gasteiger partial charge in [-0.05, 0) is 6.92 Å². The zero-order valence-electron chi connectivity index (χ0n) is 6.22. The second-order valence-electron chi connectivity index (χ2n) is 2.05. The molecule has 0 atom stereocenters. The first-order valence-corrected chi connectivity index (χ1v) is 3.32. The highest BCUT2D eigenvalue weighted by molar-refractivity contribution is 5.35. The van der Waals surface area contributed by atoms with E-state index in [1.54, 1.807) is 0 Å². The van der Waals surface area contributed by atoms with Crippen LogP contribution in [0.2, 0.25) is 0 Å². The second kappa shape index (κ2) is 3.05. The number of hydrogen-bond donors (Lipinski definition) is 3. The predicted octanol–water partition coefficient (Wildman–Crippen LogP) is -0.216. The summed E-state index contributed by atoms with van der Waals surface area (Å²) in [4.78, 5) is 17.2. The van der Waals surface area contributed by atoms with Gasteiger partial charge in [-0.3, -0.25) is 9.78 Å². The van der Waals surface area contributed by atoms with E-state index in [-0.39, 0.29) is 11.2 Å². The van der Waals surface area contributed by atoms with Crippen LogP contribution in [0, 0.1) is 0 Å². The van der Waals surface area contributed by atoms with E-state index in [0.29, 0.717) is 12.5 Å². The smallest absolute Gasteiger partial charge is 0.275 e. The predicted molar refractivity (Wildman–Crippen MR) is 43.4 cm³/mol. The molecule has 0 amide bonds. The molecular formula is C6H10N4O. The molecule has 5 heteroatoms. The molecule has 0 unspecified atom stereocenters. The lowest BCUT2D eigenvalue weighted by molar-refractivity contribution is 1.06. The molecule has 0 saturated heterocycles. The molecule has 0 radical (unpaired) electrons. The fourth-order valence-electron chi connectivity index (χ4n) is 0.662. The number of aromatic nitrogens is 2. The fraction of sp³-hybridized carbons (Fsp3) is 0.333. The van der Waals surface area contributed by atoms with E-state index < -0.39 is 0 Å². The molecule has 4 N–H and O–H groups in total. The Hall–Kier alpha value is -1.52. The summed E-state index contributed by atoms with van der Waals surface area (Å²) in [6.45, 7) is 2.63. The number of hydrogen-bond acceptors (Lipinski definition) is 4. The van der Waals surface area contributed by atoms with Crippen molar-refractivity contribution in [3.05, 3.63) is 16.6 Å². The average Bonchev–Trinajstić information content (AvgIpc) is 1.98. The monoisotopic (exact) mass is 154 g/mol. The van der Waals surface area contributed by atoms with E-state index in [1.165, 1.54) is 6.20 Å². The normalized spacial score (nSPS) is 9.55. The fourth-order valence-corrected chi connectivity index (χ4v) is 0.662. The van der Waals surface area contributed by atoms with Gasteiger partial charge in [-0.15, -0.1) is 0 Å². The largest absolute Gasteiger partial charge is 0.393 e. The third-order valence-electron chi connectivity index (χ3n) is 1.17. The number of nitrogen functional groups attached to an aromatic ring is 1. The average molecular weight is 154 g/mol. The minimum Gasteiger partial charge on any atom is -0.393 e. The van der Waals surface area contributed by atoms with Gasteiger partial charge in [0.25, 0.3) is 5.56 Å². The van der Waals surface area contributed by atoms with Crippen molar-refractivity contribution in [2.75, 3.05) is 17.6 Å². The van der Waals surface area contributed by atoms with E-state index in [4.69, 9.17) is 5.73 Å². The Bertz CT molecular complexity index is 293. The molecule has 1 heterocycles. The molecule has 5 nitrogen and oxygen atoms in total. The molecule has 0 aliphatic carbocycles. The Morgan fingerprint density at radius 2 is 2.55 bits per heavy atom. The molecule has 0 aliphatic rings. The second-order valence-corrected chi connectivity index (χ2v) is 2.05. The number of nitrogens with zero attached hydrogens (tertiary/aromatic N) is 1. The third kappa shape index (κ3) is 1.70. The summed E-state index contributed by atoms with van der Waals surface area (Å²) in [6, 6.07) is 0. The van der Waals surface area contributed by atoms with Crippen LogP contribution in [0.3, 0.4) is 0 Å². The minimum absolute atomic E-state index is 0.131. The van der Waals surface area contributed by atoms with Crippen LogP contribution >= 0.6 is 0 Å². The van der Waals surface area contributed by atoms with Crippen LogP contribution in [0.4, 0.5) is 11.6 Å². The first kappa shape index (κ1) is 7.59. The van der Waals surface area contributed by atoms with Crippen molar-refractivity contribution in [3.63, 3.8) is 0 Å². The maximum Gasteiger partial charge on any atom is 0.275 e. The van der Waals surface area contributed by atoms with Gasteiger partial charge in [0.15, 0.2) is 0 Å². The Labute approximate surface area is 63.7 Å². The van der Waals surface area contributed by atoms with Gasteiger partial charge in [-0.2, -0.15) is 0 Å². The van der Waals surface area contributed by atoms with Gasteiger partial charge in [-0.25, -0.2) is 4.98 Å². The van der Waals surface area contributed by atoms with Crippen LogP contribution in [0.15, 0.2) is 11.0 Å². The summed E-state index contributed by atoms with van der Waals surface area (Å²) in [7, 11) is 0. The summed E-state index contributed by atoms with van der Waals surface area (Å²) < 4.78 is 0. The van der Waals surface area contributed by atoms with Crippen molar-refractivity contribution in [2.45, 2.75) is 6.92 Å². The van der Waals surface area contributed by atoms with Gasteiger partial charge in [0.2, 0.25) is 5.95 Å². The van der Waals surface area contributed by atoms with Gasteiger partial charge in [0.1, 0.15) is 5.69 Å². The van der Waals surface area contributed by atoms with Crippen LogP contribution in [0.1, 0.15) is 6.92 Å². The van der Waals surface area contributed by atoms with E-state index in [1.807, 2.05) is 6.92 Å². The quantitative estimate of drug-likeness (QED) is 0.550. The molecule has 0 spiro atoms. The van der Waals surface area contributed by atoms with Crippen LogP contribution in [-0.4, -0.2) is 16.5 Å². The zero-order valence-corrected chi connectivity index (χ0v) is 6.22. The highest BCUT2D eigenvalue weighted by atomic mass is 16.1. The van der Waals surface area contributed by atoms with E-state index in [9.17, 15) is 4.79 Å². The van der Waals surface area contributed by atoms with Gasteiger partial charge in [0, 0.05) is 6.54 Å². The zero-order chi connectivity index (χ0) is 8.27. The SMILES string of the molecule is CCNc1ncc(N)c(=O)[nH]1. The standard InChI is InChI=1S/C6H10N4O/c1-2-8-6-9-3-4(7)5(11)10-6/h3H,2,7H2,1H3,(H2,8,9,10,11). The lowest BCUT2D eigenvalue weighted by Crippen LogP contribution is -2.15. The molecule has 11 heavy (non-hydrogen) atoms. The van der Waals surface area contributed by atoms with E-state index in [0.717, 1.165) is 0 Å². The van der Waals surface area contributed by atoms with Crippen LogP contribution < -0.4 is 16.6 Å². The van der Waals surface area contributed by atoms with Crippen LogP contribution in [-0.2, 0) is 0 Å². The van der Waals surface area contributed by atoms with Gasteiger partial charge < -0.3 is 11.1 Å². The molecule has 1 rings (SSSR count). The lowest BCUT2D eigenvalue weighted by atomic mass is 10.5. The molecule has 0 aromatic carbocycles. The summed E-state index contributed by atoms with van der Waals surface area (Å²) in [5, 5.41) is 2.85. The molecular weight excluding hydrogens is 144 g/mol. The highest BCUT2D eigenvalue weighted by Gasteiger charge is 1.95. The van der Waals surface area contributed by atoms with Crippen molar-refractivity contribution >= 4 is 11.6 Å². The van der Waals surface area contributed by atoms with E-state index in [2.05, 4.69) is 15.3 Å². The van der Waals surface area contributed by atoms with Gasteiger partial charge >= 0.3 is 0 Å². The van der Waals surface area contributed by atoms with Crippen molar-refractivity contribution in [1.29, 1.82) is 0 Å². The van der Waals surface area contributed by atoms with Gasteiger partial charge in [-0.1, -0.05) is 0 Å². The lowest BCUT2D eigenvalue weighted by Gasteiger charge is -1.99. The van der Waals surface area contributed by atoms with Gasteiger partial charge in [0.05, 0.1) is 6.20 Å². The van der Waals surface area contributed by atoms with Crippen molar-refractivity contribution in [3.8, 4) is 0 Å². The van der Waals surface area contributed by atoms with Crippen molar-refractivity contribution in [1.82, 2.24) is 9.97 Å². The Morgan fingerprint density at radius 3 is 3.09 bits per heavy atom. The van der Waals surface area contributed by atoms with Crippen LogP contribution in [0.25, 0.3) is 0 Å². The summed E-state index contributed by atoms with van der Waals surface area (Å²) in [6.07, 6.45) is 1.33. The number of nitrogens with one attached hydrogen (secondary N) is 2. The maximum atomic E-state index is 10.9. The first-order valence-electron chi connectivity index (χ1n) is 3.32. The Kier molecular flexibility index (Phi) is 2.10. The topological polar surface area (TPSA) is 83.8 Å². The first-order chi connectivity index (χ1) is 5.24. The minimum atomic E-state index is -0.309. The number of aromatic amines is 1. The van der Waals surface area contributed by atoms with Crippen LogP contribution in [0.5, 0.6) is 0 Å². The molecule has 0 saturated carbocycles. The van der Waals surface area contributed by atoms with Crippen molar-refractivity contribution < 1.29 is 0 Å². The number of rotatable bonds is 2. The molecule has 0 fully saturated rings. The summed E-state index contributed by atoms with van der Waals surface area (Å²) in [5.74, 6) is 0.451. The molecule has 1 aromatic rings. The molecule has 60 valence electrons. The molecule has 0 bridgehead atoms. The molecule has 1 aromatic heterocycles.